The van der Waals surface area contributed by atoms with E-state index in [1.165, 1.54) is 12.8 Å². The molecule has 11 nitrogen and oxygen atoms in total. The van der Waals surface area contributed by atoms with Gasteiger partial charge in [0.05, 0.1) is 33.7 Å². The summed E-state index contributed by atoms with van der Waals surface area (Å²) in [5, 5.41) is 35.0. The molecule has 12 heteroatoms. The molecule has 3 saturated carbocycles. The zero-order valence-electron chi connectivity index (χ0n) is 23.2. The molecular weight excluding hydrogens is 552 g/mol. The highest BCUT2D eigenvalue weighted by Gasteiger charge is 2.43. The van der Waals surface area contributed by atoms with E-state index >= 15 is 0 Å². The van der Waals surface area contributed by atoms with Crippen molar-refractivity contribution >= 4 is 45.0 Å². The van der Waals surface area contributed by atoms with E-state index in [0.717, 1.165) is 51.6 Å². The number of rotatable bonds is 9. The number of hydrogen-bond acceptors (Lipinski definition) is 10. The van der Waals surface area contributed by atoms with E-state index in [-0.39, 0.29) is 0 Å². The van der Waals surface area contributed by atoms with Crippen molar-refractivity contribution in [2.75, 3.05) is 22.5 Å². The molecule has 4 aromatic rings. The van der Waals surface area contributed by atoms with E-state index in [1.54, 1.807) is 23.5 Å². The van der Waals surface area contributed by atoms with Gasteiger partial charge in [-0.15, -0.1) is 11.3 Å². The molecule has 218 valence electrons. The first-order chi connectivity index (χ1) is 20.4. The molecule has 7 rings (SSSR count). The molecule has 0 saturated heterocycles. The Labute approximate surface area is 247 Å². The van der Waals surface area contributed by atoms with Gasteiger partial charge in [0.1, 0.15) is 28.6 Å². The van der Waals surface area contributed by atoms with Crippen molar-refractivity contribution in [1.29, 1.82) is 0 Å². The molecule has 1 aromatic carbocycles. The minimum absolute atomic E-state index is 0.299. The minimum Gasteiger partial charge on any atom is -0.388 e. The number of amides is 2. The van der Waals surface area contributed by atoms with Crippen LogP contribution in [0.2, 0.25) is 0 Å². The molecule has 3 heterocycles. The normalized spacial score (nSPS) is 23.6. The molecule has 0 aliphatic heterocycles. The first-order valence-corrected chi connectivity index (χ1v) is 15.4. The fourth-order valence-electron chi connectivity index (χ4n) is 5.56. The number of aliphatic hydroxyl groups excluding tert-OH is 2. The molecule has 3 fully saturated rings. The second-order valence-electron chi connectivity index (χ2n) is 11.6. The standard InChI is InChI=1S/C30H34N8O3S/c1-15-22(28-37-24-21(42-28)11-12-31-23(24)17-9-10-17)27(38-29(33-15)32-14-16-7-8-16)35-19-13-20(26(40)25(19)39)36-30(41)34-18-5-3-2-4-6-18/h2-6,11-12,16-17,19-20,25-26,39-40H,7-10,13-14H2,1H3,(H2,34,36,41)(H2,32,33,35,38)/t19?,20-,25-,26+/m0/s1. The van der Waals surface area contributed by atoms with Crippen LogP contribution in [-0.4, -0.2) is 67.0 Å². The number of carbonyl (C=O) groups excluding carboxylic acids is 1. The second-order valence-corrected chi connectivity index (χ2v) is 12.6. The number of para-hydroxylation sites is 1. The summed E-state index contributed by atoms with van der Waals surface area (Å²) in [6, 6.07) is 9.40. The highest BCUT2D eigenvalue weighted by Crippen LogP contribution is 2.44. The van der Waals surface area contributed by atoms with Gasteiger partial charge < -0.3 is 31.5 Å². The number of thiazole rings is 1. The molecule has 0 spiro atoms. The molecule has 6 N–H and O–H groups in total. The number of aromatic nitrogens is 4. The van der Waals surface area contributed by atoms with Gasteiger partial charge in [0.2, 0.25) is 5.95 Å². The van der Waals surface area contributed by atoms with Crippen LogP contribution in [0.5, 0.6) is 0 Å². The van der Waals surface area contributed by atoms with Crippen LogP contribution in [-0.2, 0) is 0 Å². The first kappa shape index (κ1) is 27.0. The molecule has 42 heavy (non-hydrogen) atoms. The maximum atomic E-state index is 12.6. The maximum Gasteiger partial charge on any atom is 0.319 e. The van der Waals surface area contributed by atoms with E-state index in [0.29, 0.717) is 35.7 Å². The van der Waals surface area contributed by atoms with Gasteiger partial charge in [0.15, 0.2) is 0 Å². The van der Waals surface area contributed by atoms with Gasteiger partial charge >= 0.3 is 6.03 Å². The van der Waals surface area contributed by atoms with Crippen LogP contribution in [0.1, 0.15) is 49.4 Å². The topological polar surface area (TPSA) is 157 Å². The quantitative estimate of drug-likeness (QED) is 0.169. The Morgan fingerprint density at radius 2 is 1.79 bits per heavy atom. The molecule has 4 atom stereocenters. The maximum absolute atomic E-state index is 12.6. The van der Waals surface area contributed by atoms with Crippen LogP contribution in [0.25, 0.3) is 20.8 Å². The second kappa shape index (κ2) is 11.1. The Balaban J connectivity index is 1.16. The molecule has 0 bridgehead atoms. The summed E-state index contributed by atoms with van der Waals surface area (Å²) in [4.78, 5) is 31.9. The van der Waals surface area contributed by atoms with Crippen molar-refractivity contribution in [2.24, 2.45) is 5.92 Å². The lowest BCUT2D eigenvalue weighted by Gasteiger charge is -2.21. The fraction of sp³-hybridized carbons (Fsp3) is 0.433. The molecule has 3 aromatic heterocycles. The van der Waals surface area contributed by atoms with Crippen LogP contribution < -0.4 is 21.3 Å². The van der Waals surface area contributed by atoms with Crippen molar-refractivity contribution in [3.8, 4) is 10.6 Å². The summed E-state index contributed by atoms with van der Waals surface area (Å²) in [5.41, 5.74) is 4.13. The van der Waals surface area contributed by atoms with Gasteiger partial charge in [-0.05, 0) is 63.1 Å². The molecule has 0 radical (unpaired) electrons. The molecule has 3 aliphatic carbocycles. The average Bonchev–Trinajstić information content (AvgIpc) is 3.91. The van der Waals surface area contributed by atoms with Crippen LogP contribution in [0, 0.1) is 12.8 Å². The summed E-state index contributed by atoms with van der Waals surface area (Å²) in [5.74, 6) is 2.15. The Hall–Kier alpha value is -3.87. The molecule has 1 unspecified atom stereocenters. The zero-order chi connectivity index (χ0) is 28.8. The predicted octanol–water partition coefficient (Wildman–Crippen LogP) is 4.25. The molecular formula is C30H34N8O3S. The number of benzene rings is 1. The minimum atomic E-state index is -1.16. The highest BCUT2D eigenvalue weighted by atomic mass is 32.1. The average molecular weight is 587 g/mol. The lowest BCUT2D eigenvalue weighted by molar-refractivity contribution is 0.0284. The van der Waals surface area contributed by atoms with E-state index in [4.69, 9.17) is 15.0 Å². The number of anilines is 3. The summed E-state index contributed by atoms with van der Waals surface area (Å²) >= 11 is 1.57. The smallest absolute Gasteiger partial charge is 0.319 e. The number of hydrogen-bond donors (Lipinski definition) is 6. The van der Waals surface area contributed by atoms with E-state index < -0.39 is 30.3 Å². The zero-order valence-corrected chi connectivity index (χ0v) is 24.1. The van der Waals surface area contributed by atoms with E-state index in [1.807, 2.05) is 37.4 Å². The third-order valence-electron chi connectivity index (χ3n) is 8.20. The Kier molecular flexibility index (Phi) is 7.12. The number of aliphatic hydroxyl groups is 2. The monoisotopic (exact) mass is 586 g/mol. The predicted molar refractivity (Wildman–Crippen MR) is 163 cm³/mol. The molecule has 3 aliphatic rings. The summed E-state index contributed by atoms with van der Waals surface area (Å²) in [6.07, 6.45) is 4.55. The fourth-order valence-corrected chi connectivity index (χ4v) is 6.62. The summed E-state index contributed by atoms with van der Waals surface area (Å²) in [7, 11) is 0. The number of urea groups is 1. The Morgan fingerprint density at radius 3 is 2.55 bits per heavy atom. The van der Waals surface area contributed by atoms with Gasteiger partial charge in [-0.25, -0.2) is 14.8 Å². The number of fused-ring (bicyclic) bond motifs is 1. The van der Waals surface area contributed by atoms with Gasteiger partial charge in [0, 0.05) is 24.3 Å². The largest absolute Gasteiger partial charge is 0.388 e. The van der Waals surface area contributed by atoms with Crippen molar-refractivity contribution in [3.63, 3.8) is 0 Å². The van der Waals surface area contributed by atoms with Crippen molar-refractivity contribution < 1.29 is 15.0 Å². The van der Waals surface area contributed by atoms with Gasteiger partial charge in [-0.1, -0.05) is 18.2 Å². The Bertz CT molecular complexity index is 1610. The lowest BCUT2D eigenvalue weighted by atomic mass is 10.1. The molecule has 2 amide bonds. The van der Waals surface area contributed by atoms with Crippen molar-refractivity contribution in [2.45, 2.75) is 69.2 Å². The first-order valence-electron chi connectivity index (χ1n) is 14.6. The number of aryl methyl sites for hydroxylation is 1. The highest BCUT2D eigenvalue weighted by molar-refractivity contribution is 7.21. The number of nitrogens with one attached hydrogen (secondary N) is 4. The van der Waals surface area contributed by atoms with Gasteiger partial charge in [-0.3, -0.25) is 4.98 Å². The number of carbonyl (C=O) groups is 1. The SMILES string of the molecule is Cc1nc(NCC2CC2)nc(NC2C[C@H](NC(=O)Nc3ccccc3)[C@@H](O)[C@H]2O)c1-c1nc2c(C3CC3)nccc2s1. The van der Waals surface area contributed by atoms with Crippen molar-refractivity contribution in [3.05, 3.63) is 54.0 Å². The Morgan fingerprint density at radius 1 is 1.00 bits per heavy atom. The number of nitrogens with zero attached hydrogens (tertiary/aromatic N) is 4. The van der Waals surface area contributed by atoms with Crippen LogP contribution >= 0.6 is 11.3 Å². The third-order valence-corrected chi connectivity index (χ3v) is 9.24. The van der Waals surface area contributed by atoms with Crippen molar-refractivity contribution in [1.82, 2.24) is 25.3 Å². The lowest BCUT2D eigenvalue weighted by Crippen LogP contribution is -2.45. The van der Waals surface area contributed by atoms with Crippen LogP contribution in [0.15, 0.2) is 42.6 Å². The summed E-state index contributed by atoms with van der Waals surface area (Å²) < 4.78 is 1.06. The van der Waals surface area contributed by atoms with E-state index in [2.05, 4.69) is 26.3 Å². The van der Waals surface area contributed by atoms with Crippen LogP contribution in [0.4, 0.5) is 22.2 Å². The van der Waals surface area contributed by atoms with E-state index in [9.17, 15) is 15.0 Å². The van der Waals surface area contributed by atoms with Gasteiger partial charge in [-0.2, -0.15) is 4.98 Å². The third kappa shape index (κ3) is 5.61. The summed E-state index contributed by atoms with van der Waals surface area (Å²) in [6.45, 7) is 2.75. The van der Waals surface area contributed by atoms with Gasteiger partial charge in [0.25, 0.3) is 0 Å². The van der Waals surface area contributed by atoms with Crippen LogP contribution in [0.3, 0.4) is 0 Å². The number of pyridine rings is 1.